The Morgan fingerprint density at radius 3 is 2.50 bits per heavy atom. The summed E-state index contributed by atoms with van der Waals surface area (Å²) in [5.74, 6) is 4.65. The van der Waals surface area contributed by atoms with Gasteiger partial charge in [-0.3, -0.25) is 15.3 Å². The fourth-order valence-electron chi connectivity index (χ4n) is 8.23. The van der Waals surface area contributed by atoms with E-state index in [1.165, 1.54) is 57.3 Å². The Balaban J connectivity index is 0.000000970. The van der Waals surface area contributed by atoms with Crippen LogP contribution in [0.3, 0.4) is 0 Å². The van der Waals surface area contributed by atoms with E-state index in [1.807, 2.05) is 0 Å². The Bertz CT molecular complexity index is 765. The van der Waals surface area contributed by atoms with Crippen molar-refractivity contribution >= 4 is 14.1 Å². The smallest absolute Gasteiger partial charge is 0.542 e. The zero-order valence-corrected chi connectivity index (χ0v) is 26.7. The van der Waals surface area contributed by atoms with Crippen molar-refractivity contribution in [1.82, 2.24) is 0 Å². The van der Waals surface area contributed by atoms with Gasteiger partial charge in [-0.05, 0) is 61.2 Å². The minimum absolute atomic E-state index is 0. The van der Waals surface area contributed by atoms with Crippen molar-refractivity contribution in [2.24, 2.45) is 34.5 Å². The Morgan fingerprint density at radius 1 is 1.21 bits per heavy atom. The third-order valence-corrected chi connectivity index (χ3v) is 10.7. The normalized spacial score (nSPS) is 40.3. The average molecular weight is 721 g/mol. The molecule has 0 radical (unpaired) electrons. The van der Waals surface area contributed by atoms with Crippen LogP contribution in [0, 0.1) is 71.5 Å². The van der Waals surface area contributed by atoms with Gasteiger partial charge >= 0.3 is 38.9 Å². The molecule has 0 aromatic rings. The number of phosphoric acid groups is 1. The van der Waals surface area contributed by atoms with E-state index in [-0.39, 0.29) is 43.8 Å². The molecule has 0 aromatic heterocycles. The molecule has 4 fully saturated rings. The maximum absolute atomic E-state index is 12.2. The summed E-state index contributed by atoms with van der Waals surface area (Å²) in [6.07, 6.45) is 11.9. The van der Waals surface area contributed by atoms with Crippen LogP contribution in [0.5, 0.6) is 0 Å². The minimum Gasteiger partial charge on any atom is -0.542 e. The average Bonchev–Trinajstić information content (AvgIpc) is 3.10. The van der Waals surface area contributed by atoms with Crippen LogP contribution in [-0.2, 0) is 18.4 Å². The van der Waals surface area contributed by atoms with Crippen molar-refractivity contribution in [2.45, 2.75) is 91.6 Å². The summed E-state index contributed by atoms with van der Waals surface area (Å²) in [6, 6.07) is 0. The number of rotatable bonds is 6. The third-order valence-electron chi connectivity index (χ3n) is 9.60. The summed E-state index contributed by atoms with van der Waals surface area (Å²) in [5.41, 5.74) is 5.67. The predicted octanol–water partition coefficient (Wildman–Crippen LogP) is 5.04. The molecule has 4 rings (SSSR count). The van der Waals surface area contributed by atoms with Gasteiger partial charge in [0.05, 0.1) is 12.6 Å². The first-order chi connectivity index (χ1) is 15.5. The second-order valence-corrected chi connectivity index (χ2v) is 12.7. The van der Waals surface area contributed by atoms with Crippen LogP contribution >= 0.6 is 7.82 Å². The van der Waals surface area contributed by atoms with Crippen LogP contribution in [0.1, 0.15) is 85.5 Å². The van der Waals surface area contributed by atoms with Crippen LogP contribution in [0.2, 0.25) is 0 Å². The van der Waals surface area contributed by atoms with E-state index < -0.39 is 7.82 Å². The van der Waals surface area contributed by atoms with Crippen molar-refractivity contribution in [3.63, 3.8) is 0 Å². The molecule has 4 saturated carbocycles. The number of allylic oxidation sites excluding steroid dienone is 1. The summed E-state index contributed by atoms with van der Waals surface area (Å²) in [4.78, 5) is 18.7. The van der Waals surface area contributed by atoms with E-state index in [4.69, 9.17) is 13.8 Å². The summed E-state index contributed by atoms with van der Waals surface area (Å²) < 4.78 is 22.8. The molecule has 3 unspecified atom stereocenters. The van der Waals surface area contributed by atoms with Gasteiger partial charge in [-0.25, -0.2) is 22.6 Å². The molecule has 0 saturated heterocycles. The summed E-state index contributed by atoms with van der Waals surface area (Å²) in [6.45, 7) is 13.5. The monoisotopic (exact) mass is 720 g/mol. The fourth-order valence-corrected chi connectivity index (χ4v) is 9.22. The quantitative estimate of drug-likeness (QED) is 0.296. The molecule has 8 atom stereocenters. The zero-order chi connectivity index (χ0) is 24.4. The molecule has 0 aliphatic heterocycles. The standard InChI is InChI=1S/C24H41NO4P.C2H3O.U/c1-16(2)20-7-8-21-19-6-5-17-15-18(29-30(26,27)28-14-13-25)9-11-23(17,3)22(19)10-12-24(20,21)4;1-2-3;/h17-19,21-22H,1,5-15,25H2,2-4H3,(H,26,27);1H3;/q2*-1;+2/p+1/t17-,18?,19?,21+,22+,23+,24-;;/m1../s1. The molecule has 34 heavy (non-hydrogen) atoms. The zero-order valence-electron chi connectivity index (χ0n) is 21.6. The van der Waals surface area contributed by atoms with Crippen LogP contribution in [0.4, 0.5) is 0 Å². The first-order valence-electron chi connectivity index (χ1n) is 12.8. The maximum Gasteiger partial charge on any atom is 2.00 e. The van der Waals surface area contributed by atoms with Gasteiger partial charge in [-0.2, -0.15) is 6.92 Å². The maximum atomic E-state index is 12.2. The van der Waals surface area contributed by atoms with E-state index in [0.717, 1.165) is 37.0 Å². The van der Waals surface area contributed by atoms with Crippen LogP contribution in [0.15, 0.2) is 12.2 Å². The van der Waals surface area contributed by atoms with E-state index in [0.29, 0.717) is 23.3 Å². The van der Waals surface area contributed by atoms with Crippen molar-refractivity contribution < 1.29 is 60.1 Å². The summed E-state index contributed by atoms with van der Waals surface area (Å²) >= 11 is 0. The predicted molar refractivity (Wildman–Crippen MR) is 130 cm³/mol. The van der Waals surface area contributed by atoms with E-state index >= 15 is 0 Å². The van der Waals surface area contributed by atoms with Crippen molar-refractivity contribution in [3.8, 4) is 0 Å². The Kier molecular flexibility index (Phi) is 11.1. The van der Waals surface area contributed by atoms with Gasteiger partial charge in [-0.15, -0.1) is 0 Å². The molecule has 8 heteroatoms. The number of phosphoric ester groups is 1. The van der Waals surface area contributed by atoms with Gasteiger partial charge in [0.25, 0.3) is 0 Å². The molecule has 0 heterocycles. The Hall–Kier alpha value is 0.402. The molecule has 0 bridgehead atoms. The summed E-state index contributed by atoms with van der Waals surface area (Å²) in [5, 5.41) is 0. The Labute approximate surface area is 230 Å². The van der Waals surface area contributed by atoms with Gasteiger partial charge in [0.2, 0.25) is 0 Å². The second kappa shape index (κ2) is 12.3. The van der Waals surface area contributed by atoms with Crippen molar-refractivity contribution in [3.05, 3.63) is 18.1 Å². The molecule has 192 valence electrons. The molecule has 4 aliphatic carbocycles. The first kappa shape index (κ1) is 30.6. The molecule has 4 aliphatic rings. The number of hydrogen-bond donors (Lipinski definition) is 2. The van der Waals surface area contributed by atoms with Gasteiger partial charge in [-0.1, -0.05) is 51.9 Å². The number of quaternary nitrogens is 1. The van der Waals surface area contributed by atoms with Crippen molar-refractivity contribution in [1.29, 1.82) is 0 Å². The van der Waals surface area contributed by atoms with E-state index in [9.17, 15) is 9.46 Å². The van der Waals surface area contributed by atoms with Gasteiger partial charge in [0.1, 0.15) is 6.61 Å². The number of carbonyl (C=O) groups excluding carboxylic acids is 1. The largest absolute Gasteiger partial charge is 2.00 e. The number of fused-ring (bicyclic) bond motifs is 5. The molecule has 4 N–H and O–H groups in total. The van der Waals surface area contributed by atoms with E-state index in [1.54, 1.807) is 5.92 Å². The van der Waals surface area contributed by atoms with Crippen LogP contribution < -0.4 is 5.73 Å². The van der Waals surface area contributed by atoms with Crippen LogP contribution in [0.25, 0.3) is 0 Å². The van der Waals surface area contributed by atoms with Gasteiger partial charge in [0, 0.05) is 0 Å². The molecule has 0 amide bonds. The van der Waals surface area contributed by atoms with E-state index in [2.05, 4.69) is 33.1 Å². The van der Waals surface area contributed by atoms with Crippen molar-refractivity contribution in [2.75, 3.05) is 13.2 Å². The third kappa shape index (κ3) is 6.10. The second-order valence-electron chi connectivity index (χ2n) is 11.3. The molecule has 0 spiro atoms. The fraction of sp³-hybridized carbons (Fsp3) is 0.846. The topological polar surface area (TPSA) is 100 Å². The number of hydrogen-bond acceptors (Lipinski definition) is 4. The summed E-state index contributed by atoms with van der Waals surface area (Å²) in [7, 11) is -3.97. The molecular weight excluding hydrogens is 675 g/mol. The molecule has 0 aromatic carbocycles. The van der Waals surface area contributed by atoms with Crippen LogP contribution in [-0.4, -0.2) is 30.4 Å². The Morgan fingerprint density at radius 2 is 1.88 bits per heavy atom. The molecule has 6 nitrogen and oxygen atoms in total. The SMILES string of the molecule is C=C(C)[C-]1CC[C@H]2C3CC[C@@H]4CC(OP(=O)(O)OCC[NH3+])CC[C@]4(C)[C@H]3CC[C@]12C.C[C-]=O.[U+2]. The minimum atomic E-state index is -3.97. The van der Waals surface area contributed by atoms with Gasteiger partial charge in [0.15, 0.2) is 0 Å². The molecular formula is C26H45NO5PU+. The first-order valence-corrected chi connectivity index (χ1v) is 14.3. The van der Waals surface area contributed by atoms with Gasteiger partial charge < -0.3 is 15.4 Å².